The van der Waals surface area contributed by atoms with Crippen LogP contribution in [0.4, 0.5) is 11.9 Å². The van der Waals surface area contributed by atoms with Crippen LogP contribution in [0.25, 0.3) is 0 Å². The first-order valence-electron chi connectivity index (χ1n) is 7.55. The quantitative estimate of drug-likeness (QED) is 0.612. The fourth-order valence-electron chi connectivity index (χ4n) is 1.98. The van der Waals surface area contributed by atoms with E-state index in [0.29, 0.717) is 26.2 Å². The first-order chi connectivity index (χ1) is 12.2. The van der Waals surface area contributed by atoms with Gasteiger partial charge in [0.05, 0.1) is 50.0 Å². The molecule has 0 aliphatic rings. The highest BCUT2D eigenvalue weighted by atomic mass is 35.5. The summed E-state index contributed by atoms with van der Waals surface area (Å²) in [4.78, 5) is 15.9. The molecule has 1 rings (SSSR count). The number of halogens is 1. The predicted molar refractivity (Wildman–Crippen MR) is 90.2 cm³/mol. The first-order valence-corrected chi connectivity index (χ1v) is 7.93. The average molecular weight is 358 g/mol. The van der Waals surface area contributed by atoms with E-state index in [9.17, 15) is 0 Å². The molecular formula is C15H16ClN9. The van der Waals surface area contributed by atoms with Crippen molar-refractivity contribution in [2.24, 2.45) is 0 Å². The standard InChI is InChI=1S/C15H16ClN9/c16-13-21-14(24(9-1-5-17)10-2-6-18)23-15(22-13)25(11-3-7-19)12-4-8-20/h1-4,9-12H2. The van der Waals surface area contributed by atoms with Crippen molar-refractivity contribution >= 4 is 23.5 Å². The van der Waals surface area contributed by atoms with Crippen molar-refractivity contribution in [3.8, 4) is 24.3 Å². The third kappa shape index (κ3) is 6.87. The SMILES string of the molecule is N#CCCN(CCC#N)c1nc(Cl)nc(N(CCC#N)CCC#N)n1. The molecule has 9 nitrogen and oxygen atoms in total. The average Bonchev–Trinajstić information content (AvgIpc) is 2.61. The Morgan fingerprint density at radius 3 is 1.24 bits per heavy atom. The summed E-state index contributed by atoms with van der Waals surface area (Å²) in [5, 5.41) is 35.1. The number of hydrogen-bond donors (Lipinski definition) is 0. The Bertz CT molecular complexity index is 628. The molecule has 25 heavy (non-hydrogen) atoms. The van der Waals surface area contributed by atoms with Gasteiger partial charge in [-0.3, -0.25) is 0 Å². The Labute approximate surface area is 151 Å². The van der Waals surface area contributed by atoms with Crippen molar-refractivity contribution < 1.29 is 0 Å². The van der Waals surface area contributed by atoms with Gasteiger partial charge in [-0.2, -0.15) is 36.0 Å². The van der Waals surface area contributed by atoms with Crippen molar-refractivity contribution in [2.45, 2.75) is 25.7 Å². The lowest BCUT2D eigenvalue weighted by Gasteiger charge is -2.24. The van der Waals surface area contributed by atoms with Gasteiger partial charge in [0.2, 0.25) is 17.2 Å². The van der Waals surface area contributed by atoms with E-state index in [0.717, 1.165) is 0 Å². The van der Waals surface area contributed by atoms with Gasteiger partial charge >= 0.3 is 0 Å². The van der Waals surface area contributed by atoms with Gasteiger partial charge in [-0.15, -0.1) is 0 Å². The third-order valence-electron chi connectivity index (χ3n) is 3.12. The molecule has 0 saturated heterocycles. The highest BCUT2D eigenvalue weighted by Gasteiger charge is 2.16. The Hall–Kier alpha value is -3.14. The Morgan fingerprint density at radius 1 is 0.640 bits per heavy atom. The molecule has 0 aliphatic heterocycles. The molecule has 1 aromatic rings. The Balaban J connectivity index is 3.12. The third-order valence-corrected chi connectivity index (χ3v) is 3.29. The van der Waals surface area contributed by atoms with E-state index in [1.54, 1.807) is 9.80 Å². The smallest absolute Gasteiger partial charge is 0.231 e. The number of rotatable bonds is 10. The molecule has 0 amide bonds. The molecule has 0 aliphatic carbocycles. The van der Waals surface area contributed by atoms with Gasteiger partial charge in [-0.1, -0.05) is 0 Å². The molecule has 0 saturated carbocycles. The van der Waals surface area contributed by atoms with E-state index < -0.39 is 0 Å². The monoisotopic (exact) mass is 357 g/mol. The topological polar surface area (TPSA) is 140 Å². The Kier molecular flexibility index (Phi) is 9.08. The normalized spacial score (nSPS) is 9.32. The molecule has 0 N–H and O–H groups in total. The van der Waals surface area contributed by atoms with Gasteiger partial charge < -0.3 is 9.80 Å². The lowest BCUT2D eigenvalue weighted by Crippen LogP contribution is -2.31. The number of anilines is 2. The fraction of sp³-hybridized carbons (Fsp3) is 0.533. The summed E-state index contributed by atoms with van der Waals surface area (Å²) < 4.78 is 0. The van der Waals surface area contributed by atoms with E-state index >= 15 is 0 Å². The van der Waals surface area contributed by atoms with Crippen LogP contribution < -0.4 is 9.80 Å². The Morgan fingerprint density at radius 2 is 0.960 bits per heavy atom. The van der Waals surface area contributed by atoms with Gasteiger partial charge in [0.25, 0.3) is 0 Å². The molecule has 0 unspecified atom stereocenters. The van der Waals surface area contributed by atoms with Crippen LogP contribution in [0.3, 0.4) is 0 Å². The summed E-state index contributed by atoms with van der Waals surface area (Å²) in [6, 6.07) is 8.16. The van der Waals surface area contributed by atoms with Gasteiger partial charge in [0.1, 0.15) is 0 Å². The lowest BCUT2D eigenvalue weighted by atomic mass is 10.3. The number of aromatic nitrogens is 3. The van der Waals surface area contributed by atoms with Gasteiger partial charge in [0, 0.05) is 26.2 Å². The zero-order valence-corrected chi connectivity index (χ0v) is 14.3. The van der Waals surface area contributed by atoms with Crippen LogP contribution >= 0.6 is 11.6 Å². The van der Waals surface area contributed by atoms with Crippen molar-refractivity contribution in [3.05, 3.63) is 5.28 Å². The van der Waals surface area contributed by atoms with Crippen LogP contribution in [0.5, 0.6) is 0 Å². The predicted octanol–water partition coefficient (Wildman–Crippen LogP) is 1.79. The molecule has 1 heterocycles. The van der Waals surface area contributed by atoms with Crippen molar-refractivity contribution in [1.82, 2.24) is 15.0 Å². The van der Waals surface area contributed by atoms with Crippen LogP contribution in [0.2, 0.25) is 5.28 Å². The second-order valence-corrected chi connectivity index (χ2v) is 5.15. The summed E-state index contributed by atoms with van der Waals surface area (Å²) in [5.74, 6) is 0.527. The van der Waals surface area contributed by atoms with Gasteiger partial charge in [-0.25, -0.2) is 0 Å². The van der Waals surface area contributed by atoms with E-state index in [4.69, 9.17) is 32.6 Å². The number of nitrogens with zero attached hydrogens (tertiary/aromatic N) is 9. The van der Waals surface area contributed by atoms with E-state index in [2.05, 4.69) is 15.0 Å². The van der Waals surface area contributed by atoms with Crippen molar-refractivity contribution in [1.29, 1.82) is 21.0 Å². The lowest BCUT2D eigenvalue weighted by molar-refractivity contribution is 0.731. The second kappa shape index (κ2) is 11.4. The minimum Gasteiger partial charge on any atom is -0.339 e. The fourth-order valence-corrected chi connectivity index (χ4v) is 2.13. The molecule has 1 aromatic heterocycles. The highest BCUT2D eigenvalue weighted by molar-refractivity contribution is 6.28. The van der Waals surface area contributed by atoms with Crippen LogP contribution in [-0.4, -0.2) is 41.1 Å². The summed E-state index contributed by atoms with van der Waals surface area (Å²) in [6.45, 7) is 1.42. The van der Waals surface area contributed by atoms with Crippen molar-refractivity contribution in [3.63, 3.8) is 0 Å². The molecule has 0 bridgehead atoms. The van der Waals surface area contributed by atoms with Crippen LogP contribution in [0, 0.1) is 45.3 Å². The maximum Gasteiger partial charge on any atom is 0.231 e. The zero-order valence-electron chi connectivity index (χ0n) is 13.6. The molecule has 0 spiro atoms. The molecule has 128 valence electrons. The van der Waals surface area contributed by atoms with E-state index in [-0.39, 0.29) is 42.9 Å². The summed E-state index contributed by atoms with van der Waals surface area (Å²) in [5.41, 5.74) is 0. The maximum absolute atomic E-state index is 8.79. The molecule has 0 atom stereocenters. The van der Waals surface area contributed by atoms with Crippen molar-refractivity contribution in [2.75, 3.05) is 36.0 Å². The number of nitriles is 4. The largest absolute Gasteiger partial charge is 0.339 e. The second-order valence-electron chi connectivity index (χ2n) is 4.81. The van der Waals surface area contributed by atoms with Crippen LogP contribution in [0.15, 0.2) is 0 Å². The van der Waals surface area contributed by atoms with E-state index in [1.807, 2.05) is 24.3 Å². The minimum absolute atomic E-state index is 0.0298. The highest BCUT2D eigenvalue weighted by Crippen LogP contribution is 2.18. The van der Waals surface area contributed by atoms with Crippen LogP contribution in [0.1, 0.15) is 25.7 Å². The minimum atomic E-state index is -0.0298. The van der Waals surface area contributed by atoms with Gasteiger partial charge in [-0.05, 0) is 11.6 Å². The number of hydrogen-bond acceptors (Lipinski definition) is 9. The summed E-state index contributed by atoms with van der Waals surface area (Å²) in [6.07, 6.45) is 0.987. The zero-order chi connectivity index (χ0) is 18.5. The molecule has 0 radical (unpaired) electrons. The molecule has 0 aromatic carbocycles. The van der Waals surface area contributed by atoms with E-state index in [1.165, 1.54) is 0 Å². The summed E-state index contributed by atoms with van der Waals surface area (Å²) >= 11 is 6.00. The molecule has 0 fully saturated rings. The first kappa shape index (κ1) is 19.9. The maximum atomic E-state index is 8.79. The van der Waals surface area contributed by atoms with Crippen LogP contribution in [-0.2, 0) is 0 Å². The molecule has 10 heteroatoms. The summed E-state index contributed by atoms with van der Waals surface area (Å²) in [7, 11) is 0. The van der Waals surface area contributed by atoms with Gasteiger partial charge in [0.15, 0.2) is 0 Å². The molecular weight excluding hydrogens is 342 g/mol.